The highest BCUT2D eigenvalue weighted by Gasteiger charge is 2.24. The van der Waals surface area contributed by atoms with Crippen molar-refractivity contribution in [3.05, 3.63) is 23.9 Å². The molecule has 0 saturated heterocycles. The fourth-order valence-corrected chi connectivity index (χ4v) is 1.36. The molecule has 0 aliphatic carbocycles. The molecule has 0 fully saturated rings. The van der Waals surface area contributed by atoms with Crippen LogP contribution in [-0.4, -0.2) is 28.3 Å². The Morgan fingerprint density at radius 3 is 2.29 bits per heavy atom. The first-order valence-corrected chi connectivity index (χ1v) is 7.04. The summed E-state index contributed by atoms with van der Waals surface area (Å²) < 4.78 is 29.8. The smallest absolute Gasteiger partial charge is 0.396 e. The van der Waals surface area contributed by atoms with Crippen LogP contribution in [0.4, 0.5) is 8.78 Å². The van der Waals surface area contributed by atoms with Crippen LogP contribution in [0.1, 0.15) is 53.3 Å². The standard InChI is InChI=1S/C13H20F2N2O2.C2H6/c1-12(2,3)16-8-10(18)9-6-5-7-11(17-9)19-13(4,14)15;1-2/h5-7,10,16,18H,8H2,1-4H3;1-2H3. The van der Waals surface area contributed by atoms with Crippen molar-refractivity contribution < 1.29 is 18.6 Å². The maximum atomic E-state index is 12.7. The topological polar surface area (TPSA) is 54.4 Å². The van der Waals surface area contributed by atoms with Gasteiger partial charge in [0.2, 0.25) is 5.88 Å². The minimum atomic E-state index is -3.29. The third-order valence-electron chi connectivity index (χ3n) is 2.20. The summed E-state index contributed by atoms with van der Waals surface area (Å²) in [6.45, 7) is 10.8. The van der Waals surface area contributed by atoms with E-state index in [4.69, 9.17) is 0 Å². The van der Waals surface area contributed by atoms with Gasteiger partial charge < -0.3 is 15.2 Å². The van der Waals surface area contributed by atoms with Gasteiger partial charge in [-0.3, -0.25) is 0 Å². The number of aliphatic hydroxyl groups excluding tert-OH is 1. The molecule has 0 aromatic carbocycles. The van der Waals surface area contributed by atoms with E-state index < -0.39 is 12.2 Å². The predicted octanol–water partition coefficient (Wildman–Crippen LogP) is 3.52. The quantitative estimate of drug-likeness (QED) is 0.874. The summed E-state index contributed by atoms with van der Waals surface area (Å²) in [5, 5.41) is 13.0. The number of nitrogens with zero attached hydrogens (tertiary/aromatic N) is 1. The number of aliphatic hydroxyl groups is 1. The summed E-state index contributed by atoms with van der Waals surface area (Å²) in [4.78, 5) is 3.87. The van der Waals surface area contributed by atoms with E-state index >= 15 is 0 Å². The van der Waals surface area contributed by atoms with E-state index in [2.05, 4.69) is 15.0 Å². The van der Waals surface area contributed by atoms with Crippen molar-refractivity contribution in [1.82, 2.24) is 10.3 Å². The fourth-order valence-electron chi connectivity index (χ4n) is 1.36. The van der Waals surface area contributed by atoms with Crippen molar-refractivity contribution in [3.8, 4) is 5.88 Å². The van der Waals surface area contributed by atoms with Crippen LogP contribution < -0.4 is 10.1 Å². The normalized spacial score (nSPS) is 13.2. The van der Waals surface area contributed by atoms with E-state index in [0.717, 1.165) is 0 Å². The molecule has 1 aromatic heterocycles. The average Bonchev–Trinajstić information content (AvgIpc) is 2.36. The molecule has 6 heteroatoms. The van der Waals surface area contributed by atoms with E-state index in [1.54, 1.807) is 6.07 Å². The van der Waals surface area contributed by atoms with Crippen LogP contribution in [0.5, 0.6) is 5.88 Å². The van der Waals surface area contributed by atoms with Crippen molar-refractivity contribution in [2.24, 2.45) is 0 Å². The van der Waals surface area contributed by atoms with Crippen LogP contribution in [0, 0.1) is 0 Å². The Hall–Kier alpha value is -1.27. The van der Waals surface area contributed by atoms with Crippen LogP contribution in [-0.2, 0) is 0 Å². The summed E-state index contributed by atoms with van der Waals surface area (Å²) >= 11 is 0. The monoisotopic (exact) mass is 304 g/mol. The number of pyridine rings is 1. The van der Waals surface area contributed by atoms with Gasteiger partial charge in [0.1, 0.15) is 6.10 Å². The van der Waals surface area contributed by atoms with Gasteiger partial charge in [0.15, 0.2) is 0 Å². The molecule has 1 atom stereocenters. The van der Waals surface area contributed by atoms with Crippen molar-refractivity contribution in [3.63, 3.8) is 0 Å². The lowest BCUT2D eigenvalue weighted by atomic mass is 10.1. The summed E-state index contributed by atoms with van der Waals surface area (Å²) in [5.41, 5.74) is 0.143. The van der Waals surface area contributed by atoms with Crippen molar-refractivity contribution in [2.45, 2.75) is 59.3 Å². The van der Waals surface area contributed by atoms with Crippen LogP contribution in [0.15, 0.2) is 18.2 Å². The largest absolute Gasteiger partial charge is 0.415 e. The summed E-state index contributed by atoms with van der Waals surface area (Å²) in [5.74, 6) is -0.209. The molecule has 0 amide bonds. The van der Waals surface area contributed by atoms with E-state index in [1.807, 2.05) is 34.6 Å². The maximum Gasteiger partial charge on any atom is 0.396 e. The van der Waals surface area contributed by atoms with Gasteiger partial charge in [0.05, 0.1) is 5.69 Å². The molecule has 122 valence electrons. The Morgan fingerprint density at radius 2 is 1.81 bits per heavy atom. The number of alkyl halides is 2. The first-order valence-electron chi connectivity index (χ1n) is 7.04. The second-order valence-corrected chi connectivity index (χ2v) is 5.46. The zero-order valence-electron chi connectivity index (χ0n) is 13.6. The van der Waals surface area contributed by atoms with Gasteiger partial charge >= 0.3 is 6.11 Å². The van der Waals surface area contributed by atoms with Gasteiger partial charge in [-0.1, -0.05) is 19.9 Å². The number of nitrogens with one attached hydrogen (secondary N) is 1. The number of ether oxygens (including phenoxy) is 1. The molecule has 0 aliphatic rings. The molecule has 1 aromatic rings. The Labute approximate surface area is 125 Å². The van der Waals surface area contributed by atoms with Crippen LogP contribution >= 0.6 is 0 Å². The predicted molar refractivity (Wildman–Crippen MR) is 79.5 cm³/mol. The van der Waals surface area contributed by atoms with E-state index in [9.17, 15) is 13.9 Å². The highest BCUT2D eigenvalue weighted by Crippen LogP contribution is 2.21. The van der Waals surface area contributed by atoms with E-state index in [1.165, 1.54) is 12.1 Å². The number of hydrogen-bond acceptors (Lipinski definition) is 4. The second-order valence-electron chi connectivity index (χ2n) is 5.46. The molecular formula is C15H26F2N2O2. The Bertz CT molecular complexity index is 415. The van der Waals surface area contributed by atoms with Crippen molar-refractivity contribution in [2.75, 3.05) is 6.54 Å². The van der Waals surface area contributed by atoms with E-state index in [-0.39, 0.29) is 18.0 Å². The lowest BCUT2D eigenvalue weighted by molar-refractivity contribution is -0.161. The first kappa shape index (κ1) is 19.7. The van der Waals surface area contributed by atoms with Gasteiger partial charge in [0.25, 0.3) is 0 Å². The Kier molecular flexibility index (Phi) is 7.74. The van der Waals surface area contributed by atoms with Gasteiger partial charge in [-0.25, -0.2) is 4.98 Å². The van der Waals surface area contributed by atoms with Crippen LogP contribution in [0.3, 0.4) is 0 Å². The third-order valence-corrected chi connectivity index (χ3v) is 2.20. The molecular weight excluding hydrogens is 278 g/mol. The van der Waals surface area contributed by atoms with Gasteiger partial charge in [0, 0.05) is 25.1 Å². The highest BCUT2D eigenvalue weighted by atomic mass is 19.3. The first-order chi connectivity index (χ1) is 9.57. The number of hydrogen-bond donors (Lipinski definition) is 2. The Morgan fingerprint density at radius 1 is 1.24 bits per heavy atom. The SMILES string of the molecule is CC.CC(C)(C)NCC(O)c1cccc(OC(C)(F)F)n1. The van der Waals surface area contributed by atoms with Crippen molar-refractivity contribution in [1.29, 1.82) is 0 Å². The van der Waals surface area contributed by atoms with Gasteiger partial charge in [-0.2, -0.15) is 8.78 Å². The molecule has 0 saturated carbocycles. The highest BCUT2D eigenvalue weighted by molar-refractivity contribution is 5.18. The van der Waals surface area contributed by atoms with Gasteiger partial charge in [-0.05, 0) is 26.8 Å². The van der Waals surface area contributed by atoms with Gasteiger partial charge in [-0.15, -0.1) is 0 Å². The molecule has 1 heterocycles. The van der Waals surface area contributed by atoms with Crippen molar-refractivity contribution >= 4 is 0 Å². The molecule has 0 radical (unpaired) electrons. The summed E-state index contributed by atoms with van der Waals surface area (Å²) in [6.07, 6.45) is -4.17. The maximum absolute atomic E-state index is 12.7. The van der Waals surface area contributed by atoms with E-state index in [0.29, 0.717) is 12.6 Å². The molecule has 0 bridgehead atoms. The summed E-state index contributed by atoms with van der Waals surface area (Å²) in [6, 6.07) is 4.41. The zero-order chi connectivity index (χ0) is 16.7. The summed E-state index contributed by atoms with van der Waals surface area (Å²) in [7, 11) is 0. The van der Waals surface area contributed by atoms with Crippen LogP contribution in [0.2, 0.25) is 0 Å². The molecule has 2 N–H and O–H groups in total. The number of halogens is 2. The molecule has 0 spiro atoms. The molecule has 1 unspecified atom stereocenters. The molecule has 0 aliphatic heterocycles. The number of rotatable bonds is 5. The third kappa shape index (κ3) is 9.31. The number of β-amino-alcohol motifs (C(OH)–C–C–N with tert-alkyl or cyclic N) is 1. The minimum Gasteiger partial charge on any atom is -0.415 e. The second kappa shape index (κ2) is 8.24. The molecule has 21 heavy (non-hydrogen) atoms. The Balaban J connectivity index is 0.00000191. The lowest BCUT2D eigenvalue weighted by Gasteiger charge is -2.23. The van der Waals surface area contributed by atoms with Crippen LogP contribution in [0.25, 0.3) is 0 Å². The zero-order valence-corrected chi connectivity index (χ0v) is 13.6. The molecule has 4 nitrogen and oxygen atoms in total. The number of aromatic nitrogens is 1. The average molecular weight is 304 g/mol. The minimum absolute atomic E-state index is 0.147. The lowest BCUT2D eigenvalue weighted by Crippen LogP contribution is -2.38. The fraction of sp³-hybridized carbons (Fsp3) is 0.667. The molecule has 1 rings (SSSR count).